The van der Waals surface area contributed by atoms with Crippen LogP contribution in [0.2, 0.25) is 0 Å². The molecule has 1 aliphatic rings. The number of anilines is 2. The van der Waals surface area contributed by atoms with E-state index in [-0.39, 0.29) is 47.6 Å². The van der Waals surface area contributed by atoms with Crippen LogP contribution in [0.3, 0.4) is 0 Å². The Morgan fingerprint density at radius 3 is 2.38 bits per heavy atom. The van der Waals surface area contributed by atoms with E-state index in [9.17, 15) is 26.4 Å². The highest BCUT2D eigenvalue weighted by atomic mass is 32.2. The van der Waals surface area contributed by atoms with Gasteiger partial charge in [-0.2, -0.15) is 4.31 Å². The highest BCUT2D eigenvalue weighted by Crippen LogP contribution is 2.26. The second-order valence-corrected chi connectivity index (χ2v) is 12.5. The number of carbonyl (C=O) groups excluding carboxylic acids is 1. The number of sulfonamides is 1. The number of carbonyl (C=O) groups is 1. The molecule has 0 radical (unpaired) electrons. The standard InChI is InChI=1S/C32H31F4N5O3S/c33-22-8-6-21(7-9-22)14-30(32(42)39-25-16-23(34)15-24(35)17-25)40-31-20-38-19-29(36)28(31)11-10-26-18-37-12-13-41(26)45(43,44)27-4-2-1-3-5-27/h1-9,15-17,19-20,26,30,37,40H,10-14,18H2,(H,39,42)/t26-,30-/m0/s1. The molecule has 45 heavy (non-hydrogen) atoms. The average molecular weight is 642 g/mol. The topological polar surface area (TPSA) is 103 Å². The smallest absolute Gasteiger partial charge is 0.247 e. The molecule has 5 rings (SSSR count). The van der Waals surface area contributed by atoms with Crippen LogP contribution in [-0.2, 0) is 27.7 Å². The molecule has 2 heterocycles. The fourth-order valence-corrected chi connectivity index (χ4v) is 6.97. The summed E-state index contributed by atoms with van der Waals surface area (Å²) in [7, 11) is -3.80. The van der Waals surface area contributed by atoms with Crippen LogP contribution >= 0.6 is 0 Å². The van der Waals surface area contributed by atoms with Gasteiger partial charge in [0.05, 0.1) is 23.0 Å². The number of pyridine rings is 1. The predicted molar refractivity (Wildman–Crippen MR) is 162 cm³/mol. The zero-order valence-corrected chi connectivity index (χ0v) is 24.8. The first-order chi connectivity index (χ1) is 21.6. The summed E-state index contributed by atoms with van der Waals surface area (Å²) in [4.78, 5) is 17.5. The van der Waals surface area contributed by atoms with Gasteiger partial charge in [-0.15, -0.1) is 0 Å². The number of piperazine rings is 1. The molecular weight excluding hydrogens is 610 g/mol. The fourth-order valence-electron chi connectivity index (χ4n) is 5.29. The van der Waals surface area contributed by atoms with E-state index in [2.05, 4.69) is 20.9 Å². The number of hydrogen-bond acceptors (Lipinski definition) is 6. The van der Waals surface area contributed by atoms with Gasteiger partial charge in [-0.1, -0.05) is 30.3 Å². The minimum Gasteiger partial charge on any atom is -0.372 e. The highest BCUT2D eigenvalue weighted by molar-refractivity contribution is 7.89. The van der Waals surface area contributed by atoms with Gasteiger partial charge >= 0.3 is 0 Å². The largest absolute Gasteiger partial charge is 0.372 e. The lowest BCUT2D eigenvalue weighted by Gasteiger charge is -2.35. The molecule has 3 N–H and O–H groups in total. The van der Waals surface area contributed by atoms with Gasteiger partial charge in [0.1, 0.15) is 29.3 Å². The van der Waals surface area contributed by atoms with Crippen molar-refractivity contribution in [3.63, 3.8) is 0 Å². The number of rotatable bonds is 11. The van der Waals surface area contributed by atoms with Crippen molar-refractivity contribution in [3.8, 4) is 0 Å². The van der Waals surface area contributed by atoms with E-state index < -0.39 is 51.3 Å². The molecule has 1 aliphatic heterocycles. The molecular formula is C32H31F4N5O3S. The van der Waals surface area contributed by atoms with Crippen LogP contribution in [0.1, 0.15) is 17.5 Å². The maximum atomic E-state index is 15.3. The van der Waals surface area contributed by atoms with Gasteiger partial charge in [0.25, 0.3) is 0 Å². The number of benzene rings is 3. The monoisotopic (exact) mass is 641 g/mol. The van der Waals surface area contributed by atoms with Gasteiger partial charge in [0.15, 0.2) is 0 Å². The number of amides is 1. The molecule has 4 aromatic rings. The molecule has 0 spiro atoms. The molecule has 2 atom stereocenters. The van der Waals surface area contributed by atoms with Gasteiger partial charge in [0.2, 0.25) is 15.9 Å². The Balaban J connectivity index is 1.39. The number of aromatic nitrogens is 1. The second kappa shape index (κ2) is 14.2. The van der Waals surface area contributed by atoms with Crippen molar-refractivity contribution in [2.45, 2.75) is 36.2 Å². The van der Waals surface area contributed by atoms with Crippen molar-refractivity contribution < 1.29 is 30.8 Å². The normalized spacial score (nSPS) is 16.2. The Hall–Kier alpha value is -4.33. The van der Waals surface area contributed by atoms with Gasteiger partial charge < -0.3 is 16.0 Å². The minimum absolute atomic E-state index is 0.00943. The first-order valence-corrected chi connectivity index (χ1v) is 15.7. The van der Waals surface area contributed by atoms with Crippen molar-refractivity contribution in [2.24, 2.45) is 0 Å². The van der Waals surface area contributed by atoms with E-state index in [4.69, 9.17) is 0 Å². The molecule has 13 heteroatoms. The van der Waals surface area contributed by atoms with Crippen molar-refractivity contribution in [1.82, 2.24) is 14.6 Å². The third kappa shape index (κ3) is 8.04. The van der Waals surface area contributed by atoms with Gasteiger partial charge in [0, 0.05) is 49.4 Å². The Kier molecular flexibility index (Phi) is 10.1. The maximum Gasteiger partial charge on any atom is 0.247 e. The third-order valence-electron chi connectivity index (χ3n) is 7.51. The van der Waals surface area contributed by atoms with Crippen LogP contribution < -0.4 is 16.0 Å². The second-order valence-electron chi connectivity index (χ2n) is 10.6. The van der Waals surface area contributed by atoms with Gasteiger partial charge in [-0.3, -0.25) is 9.78 Å². The first-order valence-electron chi connectivity index (χ1n) is 14.3. The molecule has 1 amide bonds. The molecule has 0 saturated carbocycles. The Morgan fingerprint density at radius 1 is 0.956 bits per heavy atom. The van der Waals surface area contributed by atoms with Gasteiger partial charge in [-0.25, -0.2) is 26.0 Å². The summed E-state index contributed by atoms with van der Waals surface area (Å²) in [6.07, 6.45) is 2.75. The van der Waals surface area contributed by atoms with Crippen LogP contribution in [0.15, 0.2) is 90.1 Å². The lowest BCUT2D eigenvalue weighted by atomic mass is 10.0. The molecule has 8 nitrogen and oxygen atoms in total. The molecule has 1 saturated heterocycles. The lowest BCUT2D eigenvalue weighted by Crippen LogP contribution is -2.53. The van der Waals surface area contributed by atoms with Crippen molar-refractivity contribution >= 4 is 27.3 Å². The van der Waals surface area contributed by atoms with Crippen molar-refractivity contribution in [1.29, 1.82) is 0 Å². The van der Waals surface area contributed by atoms with Crippen LogP contribution in [-0.4, -0.2) is 55.3 Å². The third-order valence-corrected chi connectivity index (χ3v) is 9.47. The van der Waals surface area contributed by atoms with Gasteiger partial charge in [-0.05, 0) is 54.8 Å². The van der Waals surface area contributed by atoms with E-state index in [1.165, 1.54) is 46.9 Å². The Labute approximate surface area is 258 Å². The van der Waals surface area contributed by atoms with Crippen molar-refractivity contribution in [3.05, 3.63) is 120 Å². The van der Waals surface area contributed by atoms with E-state index in [0.29, 0.717) is 24.7 Å². The van der Waals surface area contributed by atoms with E-state index in [1.54, 1.807) is 18.2 Å². The Bertz CT molecular complexity index is 1720. The molecule has 0 bridgehead atoms. The predicted octanol–water partition coefficient (Wildman–Crippen LogP) is 4.90. The fraction of sp³-hybridized carbons (Fsp3) is 0.250. The van der Waals surface area contributed by atoms with E-state index in [1.807, 2.05) is 0 Å². The molecule has 0 aliphatic carbocycles. The summed E-state index contributed by atoms with van der Waals surface area (Å²) in [5.74, 6) is -3.58. The summed E-state index contributed by atoms with van der Waals surface area (Å²) < 4.78 is 84.8. The van der Waals surface area contributed by atoms with Crippen LogP contribution in [0.25, 0.3) is 0 Å². The number of hydrogen-bond donors (Lipinski definition) is 3. The lowest BCUT2D eigenvalue weighted by molar-refractivity contribution is -0.116. The molecule has 1 aromatic heterocycles. The van der Waals surface area contributed by atoms with E-state index >= 15 is 4.39 Å². The van der Waals surface area contributed by atoms with Crippen LogP contribution in [0.5, 0.6) is 0 Å². The van der Waals surface area contributed by atoms with E-state index in [0.717, 1.165) is 18.3 Å². The van der Waals surface area contributed by atoms with Crippen LogP contribution in [0, 0.1) is 23.3 Å². The molecule has 0 unspecified atom stereocenters. The Morgan fingerprint density at radius 2 is 1.67 bits per heavy atom. The number of nitrogens with one attached hydrogen (secondary N) is 3. The summed E-state index contributed by atoms with van der Waals surface area (Å²) >= 11 is 0. The first kappa shape index (κ1) is 32.1. The summed E-state index contributed by atoms with van der Waals surface area (Å²) in [6.45, 7) is 1.07. The minimum atomic E-state index is -3.80. The highest BCUT2D eigenvalue weighted by Gasteiger charge is 2.33. The SMILES string of the molecule is O=C(Nc1cc(F)cc(F)c1)[C@H](Cc1ccc(F)cc1)Nc1cncc(F)c1CC[C@H]1CNCCN1S(=O)(=O)c1ccccc1. The van der Waals surface area contributed by atoms with Crippen molar-refractivity contribution in [2.75, 3.05) is 30.3 Å². The molecule has 3 aromatic carbocycles. The van der Waals surface area contributed by atoms with Crippen LogP contribution in [0.4, 0.5) is 28.9 Å². The average Bonchev–Trinajstić information content (AvgIpc) is 3.01. The zero-order chi connectivity index (χ0) is 32.0. The maximum absolute atomic E-state index is 15.3. The zero-order valence-electron chi connectivity index (χ0n) is 24.0. The number of halogens is 4. The quantitative estimate of drug-likeness (QED) is 0.202. The summed E-state index contributed by atoms with van der Waals surface area (Å²) in [6, 6.07) is 14.5. The summed E-state index contributed by atoms with van der Waals surface area (Å²) in [5.41, 5.74) is 0.811. The number of nitrogens with zero attached hydrogens (tertiary/aromatic N) is 2. The summed E-state index contributed by atoms with van der Waals surface area (Å²) in [5, 5.41) is 8.70. The molecule has 236 valence electrons. The molecule has 1 fully saturated rings.